The number of hydrogen-bond donors (Lipinski definition) is 1. The van der Waals surface area contributed by atoms with E-state index in [2.05, 4.69) is 0 Å². The summed E-state index contributed by atoms with van der Waals surface area (Å²) in [5, 5.41) is 0. The van der Waals surface area contributed by atoms with Gasteiger partial charge in [0.2, 0.25) is 0 Å². The number of nitrogens with two attached hydrogens (primary N) is 1. The van der Waals surface area contributed by atoms with Crippen LogP contribution in [0.25, 0.3) is 0 Å². The molecule has 0 aliphatic heterocycles. The van der Waals surface area contributed by atoms with E-state index in [1.165, 1.54) is 0 Å². The Balaban J connectivity index is 3.52. The Morgan fingerprint density at radius 2 is 2.50 bits per heavy atom. The minimum atomic E-state index is 0.323. The molecular weight excluding hydrogens is 78.1 g/mol. The molecule has 0 spiro atoms. The minimum absolute atomic E-state index is 0.323. The molecule has 0 atom stereocenters. The van der Waals surface area contributed by atoms with Crippen LogP contribution in [0.15, 0.2) is 5.57 Å². The minimum Gasteiger partial charge on any atom is -0.326 e. The molecule has 0 rings (SSSR count). The number of carbonyl (C=O) groups excluding carboxylic acids is 1. The van der Waals surface area contributed by atoms with Crippen LogP contribution in [-0.4, -0.2) is 12.5 Å². The van der Waals surface area contributed by atoms with Crippen molar-refractivity contribution in [1.82, 2.24) is 0 Å². The van der Waals surface area contributed by atoms with Gasteiger partial charge in [-0.25, -0.2) is 4.79 Å². The van der Waals surface area contributed by atoms with Gasteiger partial charge in [-0.05, 0) is 6.92 Å². The zero-order chi connectivity index (χ0) is 4.99. The average molecular weight is 85.1 g/mol. The molecule has 0 heterocycles. The lowest BCUT2D eigenvalue weighted by molar-refractivity contribution is 0.566. The highest BCUT2D eigenvalue weighted by Crippen LogP contribution is 1.72. The molecule has 0 aromatic carbocycles. The molecule has 0 saturated heterocycles. The normalized spacial score (nSPS) is 7.00. The summed E-state index contributed by atoms with van der Waals surface area (Å²) in [6.07, 6.45) is 0. The van der Waals surface area contributed by atoms with E-state index in [1.54, 1.807) is 12.9 Å². The lowest BCUT2D eigenvalue weighted by Gasteiger charge is -1.77. The Kier molecular flexibility index (Phi) is 2.38. The molecule has 0 saturated carbocycles. The van der Waals surface area contributed by atoms with E-state index in [-0.39, 0.29) is 0 Å². The van der Waals surface area contributed by atoms with E-state index in [4.69, 9.17) is 5.73 Å². The van der Waals surface area contributed by atoms with Crippen molar-refractivity contribution >= 4 is 5.94 Å². The predicted molar refractivity (Wildman–Crippen MR) is 23.9 cm³/mol. The third-order valence-corrected chi connectivity index (χ3v) is 0.480. The van der Waals surface area contributed by atoms with Gasteiger partial charge in [-0.2, -0.15) is 0 Å². The monoisotopic (exact) mass is 85.1 g/mol. The lowest BCUT2D eigenvalue weighted by atomic mass is 10.4. The highest BCUT2D eigenvalue weighted by atomic mass is 16.1. The fraction of sp³-hybridized carbons (Fsp3) is 0.500. The zero-order valence-corrected chi connectivity index (χ0v) is 3.69. The predicted octanol–water partition coefficient (Wildman–Crippen LogP) is -0.277. The van der Waals surface area contributed by atoms with Crippen LogP contribution < -0.4 is 5.73 Å². The van der Waals surface area contributed by atoms with Crippen molar-refractivity contribution in [3.05, 3.63) is 5.57 Å². The topological polar surface area (TPSA) is 43.1 Å². The van der Waals surface area contributed by atoms with Crippen molar-refractivity contribution in [3.63, 3.8) is 0 Å². The van der Waals surface area contributed by atoms with Crippen molar-refractivity contribution in [3.8, 4) is 0 Å². The van der Waals surface area contributed by atoms with Gasteiger partial charge in [0.05, 0.1) is 0 Å². The van der Waals surface area contributed by atoms with E-state index in [1.807, 2.05) is 0 Å². The quantitative estimate of drug-likeness (QED) is 0.445. The molecule has 0 aliphatic rings. The first-order chi connectivity index (χ1) is 2.81. The molecule has 0 bridgehead atoms. The molecular formula is C4H7NO. The second kappa shape index (κ2) is 2.64. The van der Waals surface area contributed by atoms with Crippen LogP contribution >= 0.6 is 0 Å². The lowest BCUT2D eigenvalue weighted by Crippen LogP contribution is -1.99. The van der Waals surface area contributed by atoms with Crippen molar-refractivity contribution in [2.75, 3.05) is 6.54 Å². The molecule has 0 radical (unpaired) electrons. The SMILES string of the molecule is CC(=C=O)CN. The van der Waals surface area contributed by atoms with Gasteiger partial charge >= 0.3 is 0 Å². The molecule has 0 aromatic heterocycles. The highest BCUT2D eigenvalue weighted by Gasteiger charge is 1.75. The molecule has 2 N–H and O–H groups in total. The summed E-state index contributed by atoms with van der Waals surface area (Å²) in [6.45, 7) is 1.97. The van der Waals surface area contributed by atoms with Gasteiger partial charge in [0.1, 0.15) is 5.94 Å². The first-order valence-corrected chi connectivity index (χ1v) is 1.72. The molecule has 0 amide bonds. The Bertz CT molecular complexity index is 81.5. The molecule has 2 heteroatoms. The maximum Gasteiger partial charge on any atom is 0.124 e. The Hall–Kier alpha value is -0.590. The first kappa shape index (κ1) is 5.41. The molecule has 0 fully saturated rings. The summed E-state index contributed by atoms with van der Waals surface area (Å²) < 4.78 is 0. The summed E-state index contributed by atoms with van der Waals surface area (Å²) in [7, 11) is 0. The Labute approximate surface area is 36.6 Å². The van der Waals surface area contributed by atoms with Crippen LogP contribution in [0.5, 0.6) is 0 Å². The van der Waals surface area contributed by atoms with Gasteiger partial charge in [-0.1, -0.05) is 0 Å². The molecule has 0 aromatic rings. The molecule has 0 aliphatic carbocycles. The number of rotatable bonds is 1. The van der Waals surface area contributed by atoms with Gasteiger partial charge in [0.25, 0.3) is 0 Å². The van der Waals surface area contributed by atoms with Gasteiger partial charge in [-0.3, -0.25) is 0 Å². The van der Waals surface area contributed by atoms with Crippen LogP contribution in [0.1, 0.15) is 6.92 Å². The van der Waals surface area contributed by atoms with Crippen LogP contribution in [0, 0.1) is 0 Å². The molecule has 34 valence electrons. The Morgan fingerprint density at radius 1 is 2.00 bits per heavy atom. The number of hydrogen-bond acceptors (Lipinski definition) is 2. The van der Waals surface area contributed by atoms with Gasteiger partial charge in [-0.15, -0.1) is 0 Å². The van der Waals surface area contributed by atoms with E-state index in [0.717, 1.165) is 0 Å². The maximum atomic E-state index is 9.49. The Morgan fingerprint density at radius 3 is 2.50 bits per heavy atom. The molecule has 6 heavy (non-hydrogen) atoms. The summed E-state index contributed by atoms with van der Waals surface area (Å²) in [6, 6.07) is 0. The van der Waals surface area contributed by atoms with E-state index < -0.39 is 0 Å². The van der Waals surface area contributed by atoms with Crippen LogP contribution in [-0.2, 0) is 4.79 Å². The fourth-order valence-electron chi connectivity index (χ4n) is 0.0417. The van der Waals surface area contributed by atoms with Crippen molar-refractivity contribution in [2.24, 2.45) is 5.73 Å². The van der Waals surface area contributed by atoms with Crippen LogP contribution in [0.4, 0.5) is 0 Å². The second-order valence-corrected chi connectivity index (χ2v) is 1.09. The van der Waals surface area contributed by atoms with Crippen molar-refractivity contribution in [2.45, 2.75) is 6.92 Å². The van der Waals surface area contributed by atoms with Crippen LogP contribution in [0.2, 0.25) is 0 Å². The standard InChI is InChI=1S/C4H7NO/c1-4(2-5)3-6/h2,5H2,1H3. The van der Waals surface area contributed by atoms with E-state index in [9.17, 15) is 4.79 Å². The van der Waals surface area contributed by atoms with Crippen molar-refractivity contribution < 1.29 is 4.79 Å². The smallest absolute Gasteiger partial charge is 0.124 e. The van der Waals surface area contributed by atoms with Crippen LogP contribution in [0.3, 0.4) is 0 Å². The summed E-state index contributed by atoms with van der Waals surface area (Å²) >= 11 is 0. The van der Waals surface area contributed by atoms with Gasteiger partial charge in [0, 0.05) is 12.1 Å². The van der Waals surface area contributed by atoms with Crippen molar-refractivity contribution in [1.29, 1.82) is 0 Å². The van der Waals surface area contributed by atoms with E-state index >= 15 is 0 Å². The third kappa shape index (κ3) is 1.70. The first-order valence-electron chi connectivity index (χ1n) is 1.72. The molecule has 2 nitrogen and oxygen atoms in total. The second-order valence-electron chi connectivity index (χ2n) is 1.09. The summed E-state index contributed by atoms with van der Waals surface area (Å²) in [5.74, 6) is 1.66. The van der Waals surface area contributed by atoms with Gasteiger partial charge in [0.15, 0.2) is 0 Å². The summed E-state index contributed by atoms with van der Waals surface area (Å²) in [4.78, 5) is 9.49. The molecule has 0 unspecified atom stereocenters. The van der Waals surface area contributed by atoms with Gasteiger partial charge < -0.3 is 5.73 Å². The summed E-state index contributed by atoms with van der Waals surface area (Å²) in [5.41, 5.74) is 5.55. The fourth-order valence-corrected chi connectivity index (χ4v) is 0.0417. The van der Waals surface area contributed by atoms with E-state index in [0.29, 0.717) is 12.1 Å². The zero-order valence-electron chi connectivity index (χ0n) is 3.69. The largest absolute Gasteiger partial charge is 0.326 e. The third-order valence-electron chi connectivity index (χ3n) is 0.480. The highest BCUT2D eigenvalue weighted by molar-refractivity contribution is 5.51. The maximum absolute atomic E-state index is 9.49. The average Bonchev–Trinajstić information content (AvgIpc) is 1.65.